The van der Waals surface area contributed by atoms with Gasteiger partial charge in [0.15, 0.2) is 0 Å². The Balaban J connectivity index is 2.43. The third-order valence-corrected chi connectivity index (χ3v) is 3.49. The van der Waals surface area contributed by atoms with Gasteiger partial charge in [-0.3, -0.25) is 0 Å². The van der Waals surface area contributed by atoms with Crippen LogP contribution in [-0.2, 0) is 0 Å². The number of hydrogen-bond acceptors (Lipinski definition) is 2. The molecule has 0 aliphatic heterocycles. The smallest absolute Gasteiger partial charge is 0.114 e. The van der Waals surface area contributed by atoms with Gasteiger partial charge in [0.25, 0.3) is 0 Å². The summed E-state index contributed by atoms with van der Waals surface area (Å²) in [5, 5.41) is 9.56. The second kappa shape index (κ2) is 8.36. The third kappa shape index (κ3) is 5.26. The molecule has 1 radical (unpaired) electrons. The summed E-state index contributed by atoms with van der Waals surface area (Å²) in [4.78, 5) is 2.56. The highest BCUT2D eigenvalue weighted by Crippen LogP contribution is 2.22. The predicted molar refractivity (Wildman–Crippen MR) is 78.5 cm³/mol. The van der Waals surface area contributed by atoms with Crippen LogP contribution in [0.25, 0.3) is 0 Å². The molecule has 2 heteroatoms. The van der Waals surface area contributed by atoms with E-state index in [4.69, 9.17) is 0 Å². The number of rotatable bonds is 8. The molecule has 1 atom stereocenters. The van der Waals surface area contributed by atoms with Gasteiger partial charge in [-0.05, 0) is 56.8 Å². The van der Waals surface area contributed by atoms with Crippen molar-refractivity contribution in [2.75, 3.05) is 19.6 Å². The minimum atomic E-state index is 0.417. The van der Waals surface area contributed by atoms with Crippen molar-refractivity contribution in [3.8, 4) is 0 Å². The van der Waals surface area contributed by atoms with Crippen LogP contribution in [-0.4, -0.2) is 29.6 Å². The zero-order valence-corrected chi connectivity index (χ0v) is 12.2. The molecule has 0 saturated carbocycles. The first-order valence-corrected chi connectivity index (χ1v) is 7.32. The fourth-order valence-electron chi connectivity index (χ4n) is 2.28. The van der Waals surface area contributed by atoms with Gasteiger partial charge in [-0.25, -0.2) is 0 Å². The fourth-order valence-corrected chi connectivity index (χ4v) is 2.28. The van der Waals surface area contributed by atoms with Crippen molar-refractivity contribution < 1.29 is 5.11 Å². The van der Waals surface area contributed by atoms with Crippen molar-refractivity contribution in [1.29, 1.82) is 0 Å². The maximum Gasteiger partial charge on any atom is 0.114 e. The molecule has 0 bridgehead atoms. The number of nitrogens with zero attached hydrogens (tertiary/aromatic N) is 1. The maximum atomic E-state index is 9.56. The lowest BCUT2D eigenvalue weighted by molar-refractivity contribution is 0.248. The minimum absolute atomic E-state index is 0.417. The molecule has 1 aliphatic carbocycles. The summed E-state index contributed by atoms with van der Waals surface area (Å²) in [5.41, 5.74) is 1.01. The zero-order chi connectivity index (χ0) is 13.4. The van der Waals surface area contributed by atoms with E-state index < -0.39 is 0 Å². The molecule has 1 rings (SSSR count). The first-order chi connectivity index (χ1) is 8.67. The average Bonchev–Trinajstić information content (AvgIpc) is 2.37. The van der Waals surface area contributed by atoms with Crippen molar-refractivity contribution >= 4 is 0 Å². The molecule has 1 aliphatic rings. The Hall–Kier alpha value is -0.760. The van der Waals surface area contributed by atoms with Gasteiger partial charge in [0.1, 0.15) is 5.76 Å². The quantitative estimate of drug-likeness (QED) is 0.700. The Labute approximate surface area is 112 Å². The van der Waals surface area contributed by atoms with Crippen LogP contribution >= 0.6 is 0 Å². The molecule has 18 heavy (non-hydrogen) atoms. The minimum Gasteiger partial charge on any atom is -0.508 e. The highest BCUT2D eigenvalue weighted by atomic mass is 16.3. The Morgan fingerprint density at radius 3 is 2.28 bits per heavy atom. The van der Waals surface area contributed by atoms with Crippen molar-refractivity contribution in [2.45, 2.75) is 46.5 Å². The van der Waals surface area contributed by atoms with Crippen molar-refractivity contribution in [2.24, 2.45) is 5.92 Å². The van der Waals surface area contributed by atoms with Crippen LogP contribution < -0.4 is 0 Å². The highest BCUT2D eigenvalue weighted by Gasteiger charge is 2.16. The normalized spacial score (nSPS) is 19.9. The van der Waals surface area contributed by atoms with E-state index in [1.54, 1.807) is 0 Å². The lowest BCUT2D eigenvalue weighted by atomic mass is 9.93. The molecular weight excluding hydrogens is 222 g/mol. The summed E-state index contributed by atoms with van der Waals surface area (Å²) in [7, 11) is 0. The van der Waals surface area contributed by atoms with Gasteiger partial charge in [0, 0.05) is 6.54 Å². The number of allylic oxidation sites excluding steroid dienone is 2. The summed E-state index contributed by atoms with van der Waals surface area (Å²) in [6.07, 6.45) is 11.2. The summed E-state index contributed by atoms with van der Waals surface area (Å²) in [6.45, 7) is 9.95. The van der Waals surface area contributed by atoms with Gasteiger partial charge in [0.2, 0.25) is 0 Å². The van der Waals surface area contributed by atoms with E-state index in [9.17, 15) is 5.11 Å². The molecule has 0 fully saturated rings. The Morgan fingerprint density at radius 2 is 1.78 bits per heavy atom. The van der Waals surface area contributed by atoms with Crippen molar-refractivity contribution in [3.05, 3.63) is 29.9 Å². The summed E-state index contributed by atoms with van der Waals surface area (Å²) in [6, 6.07) is 0. The van der Waals surface area contributed by atoms with Gasteiger partial charge in [-0.2, -0.15) is 0 Å². The number of unbranched alkanes of at least 4 members (excludes halogenated alkanes) is 2. The zero-order valence-electron chi connectivity index (χ0n) is 12.2. The van der Waals surface area contributed by atoms with Crippen molar-refractivity contribution in [1.82, 2.24) is 4.90 Å². The topological polar surface area (TPSA) is 23.5 Å². The first kappa shape index (κ1) is 15.3. The number of aliphatic hydroxyl groups excluding tert-OH is 1. The molecule has 103 valence electrons. The summed E-state index contributed by atoms with van der Waals surface area (Å²) < 4.78 is 0. The summed E-state index contributed by atoms with van der Waals surface area (Å²) >= 11 is 0. The summed E-state index contributed by atoms with van der Waals surface area (Å²) in [5.74, 6) is 0.870. The molecule has 1 N–H and O–H groups in total. The third-order valence-electron chi connectivity index (χ3n) is 3.49. The van der Waals surface area contributed by atoms with Gasteiger partial charge < -0.3 is 10.0 Å². The molecule has 0 amide bonds. The van der Waals surface area contributed by atoms with E-state index >= 15 is 0 Å². The molecule has 0 aromatic rings. The lowest BCUT2D eigenvalue weighted by Crippen LogP contribution is -2.31. The largest absolute Gasteiger partial charge is 0.508 e. The van der Waals surface area contributed by atoms with Crippen LogP contribution in [0.2, 0.25) is 0 Å². The van der Waals surface area contributed by atoms with Crippen LogP contribution in [0.1, 0.15) is 46.5 Å². The van der Waals surface area contributed by atoms with E-state index in [1.165, 1.54) is 38.8 Å². The number of aliphatic hydroxyl groups is 1. The van der Waals surface area contributed by atoms with E-state index in [0.717, 1.165) is 12.1 Å². The van der Waals surface area contributed by atoms with E-state index in [-0.39, 0.29) is 0 Å². The molecule has 1 unspecified atom stereocenters. The Morgan fingerprint density at radius 1 is 1.17 bits per heavy atom. The van der Waals surface area contributed by atoms with Gasteiger partial charge in [-0.1, -0.05) is 32.8 Å². The second-order valence-corrected chi connectivity index (χ2v) is 5.27. The molecule has 0 saturated heterocycles. The van der Waals surface area contributed by atoms with E-state index in [1.807, 2.05) is 13.0 Å². The van der Waals surface area contributed by atoms with Gasteiger partial charge >= 0.3 is 0 Å². The molecule has 0 aromatic heterocycles. The van der Waals surface area contributed by atoms with Crippen LogP contribution in [0.4, 0.5) is 0 Å². The maximum absolute atomic E-state index is 9.56. The van der Waals surface area contributed by atoms with Crippen LogP contribution in [0.15, 0.2) is 23.5 Å². The SMILES string of the molecule is CCCCN(CCCC)CC1[CH]C(C)=C(O)C=C1. The Kier molecular flexibility index (Phi) is 7.11. The predicted octanol–water partition coefficient (Wildman–Crippen LogP) is 4.11. The molecule has 0 spiro atoms. The molecule has 0 aromatic carbocycles. The molecular formula is C16H28NO. The van der Waals surface area contributed by atoms with Crippen LogP contribution in [0.3, 0.4) is 0 Å². The molecule has 0 heterocycles. The van der Waals surface area contributed by atoms with Crippen LogP contribution in [0.5, 0.6) is 0 Å². The van der Waals surface area contributed by atoms with Crippen LogP contribution in [0, 0.1) is 12.3 Å². The highest BCUT2D eigenvalue weighted by molar-refractivity contribution is 5.31. The fraction of sp³-hybridized carbons (Fsp3) is 0.688. The second-order valence-electron chi connectivity index (χ2n) is 5.27. The first-order valence-electron chi connectivity index (χ1n) is 7.32. The number of hydrogen-bond donors (Lipinski definition) is 1. The van der Waals surface area contributed by atoms with E-state index in [2.05, 4.69) is 31.2 Å². The van der Waals surface area contributed by atoms with Gasteiger partial charge in [0.05, 0.1) is 0 Å². The van der Waals surface area contributed by atoms with Gasteiger partial charge in [-0.15, -0.1) is 0 Å². The Bertz CT molecular complexity index is 285. The van der Waals surface area contributed by atoms with Crippen molar-refractivity contribution in [3.63, 3.8) is 0 Å². The molecule has 2 nitrogen and oxygen atoms in total. The van der Waals surface area contributed by atoms with E-state index in [0.29, 0.717) is 11.7 Å². The lowest BCUT2D eigenvalue weighted by Gasteiger charge is -2.27. The monoisotopic (exact) mass is 250 g/mol. The standard InChI is InChI=1S/C16H28NO/c1-4-6-10-17(11-7-5-2)13-15-8-9-16(18)14(3)12-15/h8-9,12,15,18H,4-7,10-11,13H2,1-3H3. The average molecular weight is 250 g/mol.